The Morgan fingerprint density at radius 3 is 3.17 bits per heavy atom. The van der Waals surface area contributed by atoms with Crippen molar-refractivity contribution in [3.05, 3.63) is 10.9 Å². The van der Waals surface area contributed by atoms with Crippen molar-refractivity contribution in [3.63, 3.8) is 0 Å². The average Bonchev–Trinajstić information content (AvgIpc) is 2.58. The summed E-state index contributed by atoms with van der Waals surface area (Å²) in [4.78, 5) is 14.4. The van der Waals surface area contributed by atoms with Gasteiger partial charge in [-0.15, -0.1) is 11.3 Å². The minimum Gasteiger partial charge on any atom is -0.462 e. The number of esters is 1. The third-order valence-electron chi connectivity index (χ3n) is 2.74. The van der Waals surface area contributed by atoms with E-state index in [1.54, 1.807) is 6.92 Å². The van der Waals surface area contributed by atoms with Crippen molar-refractivity contribution < 1.29 is 14.3 Å². The van der Waals surface area contributed by atoms with Crippen LogP contribution in [0.3, 0.4) is 0 Å². The quantitative estimate of drug-likeness (QED) is 0.847. The molecule has 1 fully saturated rings. The Balaban J connectivity index is 2.14. The lowest BCUT2D eigenvalue weighted by molar-refractivity contribution is 0.0533. The van der Waals surface area contributed by atoms with Crippen molar-refractivity contribution in [2.75, 3.05) is 43.5 Å². The predicted molar refractivity (Wildman–Crippen MR) is 72.3 cm³/mol. The molecular formula is C12H18N2O3S. The van der Waals surface area contributed by atoms with Gasteiger partial charge in [-0.2, -0.15) is 0 Å². The summed E-state index contributed by atoms with van der Waals surface area (Å²) in [7, 11) is 0. The van der Waals surface area contributed by atoms with Crippen LogP contribution in [0.1, 0.15) is 23.0 Å². The van der Waals surface area contributed by atoms with Gasteiger partial charge >= 0.3 is 5.97 Å². The minimum absolute atomic E-state index is 0.336. The molecule has 6 heteroatoms. The third-order valence-corrected chi connectivity index (χ3v) is 3.93. The molecule has 2 heterocycles. The van der Waals surface area contributed by atoms with E-state index >= 15 is 0 Å². The number of carbonyl (C=O) groups is 1. The highest BCUT2D eigenvalue weighted by Gasteiger charge is 2.19. The van der Waals surface area contributed by atoms with E-state index in [1.165, 1.54) is 11.3 Å². The maximum atomic E-state index is 11.7. The maximum absolute atomic E-state index is 11.7. The van der Waals surface area contributed by atoms with Crippen LogP contribution in [0.25, 0.3) is 0 Å². The SMILES string of the molecule is CCOC(=O)c1sc(N2CCCOCC2)cc1N. The Kier molecular flexibility index (Phi) is 4.43. The fourth-order valence-corrected chi connectivity index (χ4v) is 2.90. The zero-order valence-corrected chi connectivity index (χ0v) is 11.3. The summed E-state index contributed by atoms with van der Waals surface area (Å²) in [5.41, 5.74) is 6.37. The second kappa shape index (κ2) is 6.06. The lowest BCUT2D eigenvalue weighted by atomic mass is 10.3. The first kappa shape index (κ1) is 13.2. The van der Waals surface area contributed by atoms with Gasteiger partial charge in [-0.25, -0.2) is 4.79 Å². The van der Waals surface area contributed by atoms with Crippen LogP contribution in [-0.4, -0.2) is 38.9 Å². The van der Waals surface area contributed by atoms with E-state index < -0.39 is 0 Å². The van der Waals surface area contributed by atoms with Crippen LogP contribution >= 0.6 is 11.3 Å². The first-order chi connectivity index (χ1) is 8.72. The van der Waals surface area contributed by atoms with Gasteiger partial charge in [0, 0.05) is 19.7 Å². The van der Waals surface area contributed by atoms with Gasteiger partial charge in [-0.3, -0.25) is 0 Å². The molecule has 0 atom stereocenters. The van der Waals surface area contributed by atoms with Gasteiger partial charge in [-0.1, -0.05) is 0 Å². The smallest absolute Gasteiger partial charge is 0.350 e. The highest BCUT2D eigenvalue weighted by Crippen LogP contribution is 2.33. The van der Waals surface area contributed by atoms with E-state index in [1.807, 2.05) is 6.07 Å². The zero-order valence-electron chi connectivity index (χ0n) is 10.5. The number of hydrogen-bond acceptors (Lipinski definition) is 6. The van der Waals surface area contributed by atoms with Gasteiger partial charge in [0.25, 0.3) is 0 Å². The summed E-state index contributed by atoms with van der Waals surface area (Å²) in [6.07, 6.45) is 0.993. The lowest BCUT2D eigenvalue weighted by Crippen LogP contribution is -2.24. The van der Waals surface area contributed by atoms with Crippen LogP contribution in [0.2, 0.25) is 0 Å². The number of thiophene rings is 1. The second-order valence-corrected chi connectivity index (χ2v) is 5.07. The van der Waals surface area contributed by atoms with Crippen molar-refractivity contribution in [2.24, 2.45) is 0 Å². The second-order valence-electron chi connectivity index (χ2n) is 4.04. The number of nitrogens with two attached hydrogens (primary N) is 1. The number of nitrogen functional groups attached to an aromatic ring is 1. The Bertz CT molecular complexity index is 411. The van der Waals surface area contributed by atoms with Crippen LogP contribution in [-0.2, 0) is 9.47 Å². The Morgan fingerprint density at radius 2 is 2.39 bits per heavy atom. The van der Waals surface area contributed by atoms with Gasteiger partial charge in [0.15, 0.2) is 0 Å². The summed E-state index contributed by atoms with van der Waals surface area (Å²) in [6, 6.07) is 1.85. The van der Waals surface area contributed by atoms with Crippen LogP contribution in [0.5, 0.6) is 0 Å². The molecule has 0 aliphatic carbocycles. The average molecular weight is 270 g/mol. The van der Waals surface area contributed by atoms with E-state index in [4.69, 9.17) is 15.2 Å². The van der Waals surface area contributed by atoms with Crippen LogP contribution in [0.15, 0.2) is 6.07 Å². The lowest BCUT2D eigenvalue weighted by Gasteiger charge is -2.19. The molecule has 0 spiro atoms. The molecule has 0 unspecified atom stereocenters. The molecule has 5 nitrogen and oxygen atoms in total. The number of ether oxygens (including phenoxy) is 2. The molecule has 0 radical (unpaired) electrons. The van der Waals surface area contributed by atoms with Crippen LogP contribution < -0.4 is 10.6 Å². The standard InChI is InChI=1S/C12H18N2O3S/c1-2-17-12(15)11-9(13)8-10(18-11)14-4-3-6-16-7-5-14/h8H,2-7,13H2,1H3. The number of rotatable bonds is 3. The van der Waals surface area contributed by atoms with Crippen molar-refractivity contribution in [2.45, 2.75) is 13.3 Å². The monoisotopic (exact) mass is 270 g/mol. The van der Waals surface area contributed by atoms with E-state index in [2.05, 4.69) is 4.90 Å². The molecule has 0 amide bonds. The van der Waals surface area contributed by atoms with E-state index in [0.29, 0.717) is 23.8 Å². The van der Waals surface area contributed by atoms with Crippen molar-refractivity contribution >= 4 is 28.0 Å². The molecule has 0 bridgehead atoms. The van der Waals surface area contributed by atoms with Gasteiger partial charge in [0.2, 0.25) is 0 Å². The van der Waals surface area contributed by atoms with Crippen LogP contribution in [0, 0.1) is 0 Å². The molecule has 100 valence electrons. The molecule has 1 aliphatic heterocycles. The molecule has 0 saturated carbocycles. The Hall–Kier alpha value is -1.27. The highest BCUT2D eigenvalue weighted by molar-refractivity contribution is 7.18. The molecule has 2 rings (SSSR count). The molecule has 1 aliphatic rings. The Labute approximate surface area is 110 Å². The predicted octanol–water partition coefficient (Wildman–Crippen LogP) is 1.73. The van der Waals surface area contributed by atoms with Gasteiger partial charge < -0.3 is 20.1 Å². The van der Waals surface area contributed by atoms with E-state index in [9.17, 15) is 4.79 Å². The number of anilines is 2. The summed E-state index contributed by atoms with van der Waals surface area (Å²) in [5, 5.41) is 1.01. The molecular weight excluding hydrogens is 252 g/mol. The van der Waals surface area contributed by atoms with E-state index in [-0.39, 0.29) is 5.97 Å². The molecule has 2 N–H and O–H groups in total. The van der Waals surface area contributed by atoms with Gasteiger partial charge in [0.05, 0.1) is 23.9 Å². The largest absolute Gasteiger partial charge is 0.462 e. The normalized spacial score (nSPS) is 16.4. The van der Waals surface area contributed by atoms with Gasteiger partial charge in [-0.05, 0) is 19.4 Å². The number of hydrogen-bond donors (Lipinski definition) is 1. The Morgan fingerprint density at radius 1 is 1.56 bits per heavy atom. The van der Waals surface area contributed by atoms with E-state index in [0.717, 1.165) is 31.1 Å². The molecule has 1 aromatic heterocycles. The van der Waals surface area contributed by atoms with Crippen LogP contribution in [0.4, 0.5) is 10.7 Å². The van der Waals surface area contributed by atoms with Crippen molar-refractivity contribution in [1.29, 1.82) is 0 Å². The molecule has 1 aromatic rings. The molecule has 0 aromatic carbocycles. The third kappa shape index (κ3) is 2.94. The molecule has 1 saturated heterocycles. The summed E-state index contributed by atoms with van der Waals surface area (Å²) < 4.78 is 10.4. The summed E-state index contributed by atoms with van der Waals surface area (Å²) in [6.45, 7) is 5.43. The number of nitrogens with zero attached hydrogens (tertiary/aromatic N) is 1. The summed E-state index contributed by atoms with van der Waals surface area (Å²) in [5.74, 6) is -0.336. The zero-order chi connectivity index (χ0) is 13.0. The topological polar surface area (TPSA) is 64.8 Å². The molecule has 18 heavy (non-hydrogen) atoms. The fourth-order valence-electron chi connectivity index (χ4n) is 1.87. The fraction of sp³-hybridized carbons (Fsp3) is 0.583. The van der Waals surface area contributed by atoms with Crippen molar-refractivity contribution in [1.82, 2.24) is 0 Å². The number of carbonyl (C=O) groups excluding carboxylic acids is 1. The highest BCUT2D eigenvalue weighted by atomic mass is 32.1. The first-order valence-electron chi connectivity index (χ1n) is 6.11. The summed E-state index contributed by atoms with van der Waals surface area (Å²) >= 11 is 1.39. The maximum Gasteiger partial charge on any atom is 0.350 e. The van der Waals surface area contributed by atoms with Gasteiger partial charge in [0.1, 0.15) is 4.88 Å². The van der Waals surface area contributed by atoms with Crippen molar-refractivity contribution in [3.8, 4) is 0 Å². The minimum atomic E-state index is -0.336. The first-order valence-corrected chi connectivity index (χ1v) is 6.93.